The Morgan fingerprint density at radius 3 is 2.36 bits per heavy atom. The molecule has 0 spiro atoms. The van der Waals surface area contributed by atoms with E-state index in [9.17, 15) is 9.59 Å². The molecule has 0 aromatic heterocycles. The van der Waals surface area contributed by atoms with E-state index in [2.05, 4.69) is 5.32 Å². The van der Waals surface area contributed by atoms with E-state index in [1.807, 2.05) is 54.6 Å². The average Bonchev–Trinajstić information content (AvgIpc) is 3.45. The molecule has 1 amide bonds. The maximum atomic E-state index is 12.0. The molecule has 1 atom stereocenters. The Bertz CT molecular complexity index is 723. The van der Waals surface area contributed by atoms with Crippen LogP contribution in [0.2, 0.25) is 0 Å². The van der Waals surface area contributed by atoms with Gasteiger partial charge in [-0.05, 0) is 35.4 Å². The van der Waals surface area contributed by atoms with Gasteiger partial charge in [0, 0.05) is 0 Å². The van der Waals surface area contributed by atoms with Gasteiger partial charge in [-0.25, -0.2) is 4.79 Å². The van der Waals surface area contributed by atoms with Crippen LogP contribution >= 0.6 is 0 Å². The Labute approximate surface area is 146 Å². The number of alkyl carbamates (subject to hydrolysis) is 1. The predicted octanol–water partition coefficient (Wildman–Crippen LogP) is 4.01. The van der Waals surface area contributed by atoms with Crippen molar-refractivity contribution in [2.24, 2.45) is 0 Å². The third-order valence-corrected chi connectivity index (χ3v) is 4.27. The van der Waals surface area contributed by atoms with Crippen molar-refractivity contribution in [3.8, 4) is 0 Å². The number of carbonyl (C=O) groups excluding carboxylic acids is 1. The van der Waals surface area contributed by atoms with Gasteiger partial charge in [0.25, 0.3) is 0 Å². The molecular weight excluding hydrogens is 318 g/mol. The van der Waals surface area contributed by atoms with Gasteiger partial charge in [0.2, 0.25) is 0 Å². The highest BCUT2D eigenvalue weighted by Crippen LogP contribution is 2.40. The first kappa shape index (κ1) is 17.0. The zero-order valence-corrected chi connectivity index (χ0v) is 13.9. The summed E-state index contributed by atoms with van der Waals surface area (Å²) in [6.45, 7) is 0.146. The van der Waals surface area contributed by atoms with E-state index in [1.54, 1.807) is 0 Å². The van der Waals surface area contributed by atoms with Crippen LogP contribution in [0.1, 0.15) is 47.9 Å². The van der Waals surface area contributed by atoms with Crippen LogP contribution in [-0.2, 0) is 16.1 Å². The fourth-order valence-electron chi connectivity index (χ4n) is 2.75. The molecule has 5 heteroatoms. The summed E-state index contributed by atoms with van der Waals surface area (Å²) < 4.78 is 5.19. The van der Waals surface area contributed by atoms with Crippen LogP contribution in [0.15, 0.2) is 54.6 Å². The Balaban J connectivity index is 1.61. The quantitative estimate of drug-likeness (QED) is 0.799. The number of ether oxygens (including phenoxy) is 1. The van der Waals surface area contributed by atoms with Gasteiger partial charge in [0.1, 0.15) is 6.61 Å². The lowest BCUT2D eigenvalue weighted by molar-refractivity contribution is -0.137. The molecule has 0 heterocycles. The molecule has 3 rings (SSSR count). The number of rotatable bonds is 7. The van der Waals surface area contributed by atoms with Gasteiger partial charge in [0.05, 0.1) is 12.5 Å². The lowest BCUT2D eigenvalue weighted by Crippen LogP contribution is -2.30. The van der Waals surface area contributed by atoms with Crippen molar-refractivity contribution in [3.05, 3.63) is 71.3 Å². The van der Waals surface area contributed by atoms with Gasteiger partial charge in [-0.15, -0.1) is 0 Å². The summed E-state index contributed by atoms with van der Waals surface area (Å²) in [6, 6.07) is 16.5. The summed E-state index contributed by atoms with van der Waals surface area (Å²) in [5.74, 6) is -0.338. The van der Waals surface area contributed by atoms with Crippen molar-refractivity contribution in [2.45, 2.75) is 37.8 Å². The fraction of sp³-hybridized carbons (Fsp3) is 0.300. The largest absolute Gasteiger partial charge is 0.481 e. The van der Waals surface area contributed by atoms with Gasteiger partial charge >= 0.3 is 12.1 Å². The highest BCUT2D eigenvalue weighted by atomic mass is 16.5. The van der Waals surface area contributed by atoms with Crippen molar-refractivity contribution in [1.82, 2.24) is 5.32 Å². The van der Waals surface area contributed by atoms with E-state index >= 15 is 0 Å². The molecule has 1 fully saturated rings. The number of hydrogen-bond acceptors (Lipinski definition) is 3. The molecule has 1 unspecified atom stereocenters. The summed E-state index contributed by atoms with van der Waals surface area (Å²) in [6.07, 6.45) is 1.61. The lowest BCUT2D eigenvalue weighted by Gasteiger charge is -2.18. The minimum Gasteiger partial charge on any atom is -0.481 e. The second kappa shape index (κ2) is 7.83. The van der Waals surface area contributed by atoms with Crippen LogP contribution in [0.5, 0.6) is 0 Å². The third kappa shape index (κ3) is 5.08. The lowest BCUT2D eigenvalue weighted by atomic mass is 10.0. The number of amides is 1. The van der Waals surface area contributed by atoms with E-state index in [-0.39, 0.29) is 13.0 Å². The van der Waals surface area contributed by atoms with Gasteiger partial charge < -0.3 is 15.2 Å². The molecule has 0 aliphatic heterocycles. The summed E-state index contributed by atoms with van der Waals surface area (Å²) in [4.78, 5) is 23.2. The molecule has 2 aromatic carbocycles. The minimum absolute atomic E-state index is 0.146. The molecule has 1 aliphatic rings. The third-order valence-electron chi connectivity index (χ3n) is 4.27. The standard InChI is InChI=1S/C20H21NO4/c22-19(23)12-18(17-10-8-16(9-11-17)15-6-7-15)21-20(24)25-13-14-4-2-1-3-5-14/h1-5,8-11,15,18H,6-7,12-13H2,(H,21,24)(H,22,23). The number of nitrogens with one attached hydrogen (secondary N) is 1. The SMILES string of the molecule is O=C(O)CC(NC(=O)OCc1ccccc1)c1ccc(C2CC2)cc1. The number of carboxylic acid groups (broad SMARTS) is 1. The fourth-order valence-corrected chi connectivity index (χ4v) is 2.75. The van der Waals surface area contributed by atoms with Crippen LogP contribution in [0, 0.1) is 0 Å². The summed E-state index contributed by atoms with van der Waals surface area (Å²) in [5, 5.41) is 11.8. The topological polar surface area (TPSA) is 75.6 Å². The normalized spacial score (nSPS) is 14.6. The summed E-state index contributed by atoms with van der Waals surface area (Å²) >= 11 is 0. The van der Waals surface area contributed by atoms with Crippen LogP contribution in [-0.4, -0.2) is 17.2 Å². The van der Waals surface area contributed by atoms with Crippen molar-refractivity contribution in [1.29, 1.82) is 0 Å². The zero-order chi connectivity index (χ0) is 17.6. The number of hydrogen-bond donors (Lipinski definition) is 2. The van der Waals surface area contributed by atoms with Crippen molar-refractivity contribution < 1.29 is 19.4 Å². The summed E-state index contributed by atoms with van der Waals surface area (Å²) in [5.41, 5.74) is 2.91. The van der Waals surface area contributed by atoms with Gasteiger partial charge in [-0.2, -0.15) is 0 Å². The highest BCUT2D eigenvalue weighted by Gasteiger charge is 2.24. The van der Waals surface area contributed by atoms with E-state index in [1.165, 1.54) is 18.4 Å². The van der Waals surface area contributed by atoms with Crippen molar-refractivity contribution >= 4 is 12.1 Å². The second-order valence-electron chi connectivity index (χ2n) is 6.30. The van der Waals surface area contributed by atoms with Crippen LogP contribution in [0.4, 0.5) is 4.79 Å². The maximum Gasteiger partial charge on any atom is 0.407 e. The van der Waals surface area contributed by atoms with Gasteiger partial charge in [-0.3, -0.25) is 4.79 Å². The molecular formula is C20H21NO4. The zero-order valence-electron chi connectivity index (χ0n) is 13.9. The number of carboxylic acids is 1. The Hall–Kier alpha value is -2.82. The van der Waals surface area contributed by atoms with E-state index in [0.29, 0.717) is 5.92 Å². The monoisotopic (exact) mass is 339 g/mol. The van der Waals surface area contributed by atoms with Gasteiger partial charge in [0.15, 0.2) is 0 Å². The minimum atomic E-state index is -0.973. The first-order valence-electron chi connectivity index (χ1n) is 8.40. The molecule has 5 nitrogen and oxygen atoms in total. The van der Waals surface area contributed by atoms with Crippen LogP contribution in [0.3, 0.4) is 0 Å². The van der Waals surface area contributed by atoms with Crippen molar-refractivity contribution in [2.75, 3.05) is 0 Å². The second-order valence-corrected chi connectivity index (χ2v) is 6.30. The molecule has 0 radical (unpaired) electrons. The molecule has 0 saturated heterocycles. The highest BCUT2D eigenvalue weighted by molar-refractivity contribution is 5.72. The average molecular weight is 339 g/mol. The number of benzene rings is 2. The Morgan fingerprint density at radius 2 is 1.76 bits per heavy atom. The Kier molecular flexibility index (Phi) is 5.33. The molecule has 0 bridgehead atoms. The smallest absolute Gasteiger partial charge is 0.407 e. The maximum absolute atomic E-state index is 12.0. The van der Waals surface area contributed by atoms with Crippen LogP contribution < -0.4 is 5.32 Å². The molecule has 2 N–H and O–H groups in total. The van der Waals surface area contributed by atoms with Crippen molar-refractivity contribution in [3.63, 3.8) is 0 Å². The molecule has 2 aromatic rings. The first-order valence-corrected chi connectivity index (χ1v) is 8.40. The number of aliphatic carboxylic acids is 1. The number of carbonyl (C=O) groups is 2. The van der Waals surface area contributed by atoms with E-state index in [0.717, 1.165) is 11.1 Å². The molecule has 130 valence electrons. The summed E-state index contributed by atoms with van der Waals surface area (Å²) in [7, 11) is 0. The van der Waals surface area contributed by atoms with E-state index in [4.69, 9.17) is 9.84 Å². The molecule has 1 saturated carbocycles. The van der Waals surface area contributed by atoms with E-state index < -0.39 is 18.1 Å². The van der Waals surface area contributed by atoms with Gasteiger partial charge in [-0.1, -0.05) is 54.6 Å². The predicted molar refractivity (Wildman–Crippen MR) is 93.2 cm³/mol. The molecule has 25 heavy (non-hydrogen) atoms. The molecule has 1 aliphatic carbocycles. The first-order chi connectivity index (χ1) is 12.1. The van der Waals surface area contributed by atoms with Crippen LogP contribution in [0.25, 0.3) is 0 Å². The Morgan fingerprint density at radius 1 is 1.08 bits per heavy atom.